The van der Waals surface area contributed by atoms with E-state index in [0.29, 0.717) is 33.5 Å². The van der Waals surface area contributed by atoms with Gasteiger partial charge in [0.05, 0.1) is 5.58 Å². The molecule has 9 rings (SSSR count). The van der Waals surface area contributed by atoms with Crippen LogP contribution in [-0.4, -0.2) is 9.97 Å². The van der Waals surface area contributed by atoms with E-state index in [9.17, 15) is 0 Å². The molecule has 8 aromatic rings. The first-order valence-corrected chi connectivity index (χ1v) is 18.2. The van der Waals surface area contributed by atoms with E-state index >= 15 is 0 Å². The smallest absolute Gasteiger partial charge is 0.121 e. The molecule has 0 N–H and O–H groups in total. The van der Waals surface area contributed by atoms with Crippen molar-refractivity contribution in [1.29, 1.82) is 0 Å². The topological polar surface area (TPSA) is 38.9 Å². The van der Waals surface area contributed by atoms with Crippen LogP contribution in [0.15, 0.2) is 138 Å². The van der Waals surface area contributed by atoms with Crippen LogP contribution in [0.25, 0.3) is 66.7 Å². The Kier molecular flexibility index (Phi) is 8.13. The molecular formula is C51H46IrN2O-2. The van der Waals surface area contributed by atoms with E-state index in [0.717, 1.165) is 69.9 Å². The normalized spacial score (nSPS) is 17.9. The first kappa shape index (κ1) is 27.4. The Morgan fingerprint density at radius 2 is 1.36 bits per heavy atom. The maximum atomic E-state index is 9.08. The molecule has 1 saturated carbocycles. The molecule has 1 aliphatic carbocycles. The van der Waals surface area contributed by atoms with Gasteiger partial charge < -0.3 is 14.4 Å². The van der Waals surface area contributed by atoms with E-state index in [2.05, 4.69) is 96.6 Å². The van der Waals surface area contributed by atoms with Crippen molar-refractivity contribution in [2.75, 3.05) is 0 Å². The van der Waals surface area contributed by atoms with Crippen LogP contribution in [0.2, 0.25) is 0 Å². The molecule has 4 heteroatoms. The number of hydrogen-bond acceptors (Lipinski definition) is 3. The molecule has 3 heterocycles. The Bertz CT molecular complexity index is 2850. The van der Waals surface area contributed by atoms with Gasteiger partial charge in [0.2, 0.25) is 0 Å². The van der Waals surface area contributed by atoms with Crippen molar-refractivity contribution in [3.05, 3.63) is 168 Å². The Balaban J connectivity index is 0.000000253. The monoisotopic (exact) mass is 905 g/mol. The average molecular weight is 905 g/mol. The van der Waals surface area contributed by atoms with E-state index in [1.165, 1.54) is 36.7 Å². The number of aromatic nitrogens is 2. The van der Waals surface area contributed by atoms with Gasteiger partial charge in [-0.25, -0.2) is 0 Å². The molecule has 1 fully saturated rings. The van der Waals surface area contributed by atoms with E-state index in [-0.39, 0.29) is 36.8 Å². The Morgan fingerprint density at radius 3 is 2.04 bits per heavy atom. The van der Waals surface area contributed by atoms with Gasteiger partial charge >= 0.3 is 0 Å². The van der Waals surface area contributed by atoms with Gasteiger partial charge in [0.1, 0.15) is 5.58 Å². The molecule has 0 atom stereocenters. The predicted molar refractivity (Wildman–Crippen MR) is 224 cm³/mol. The zero-order valence-electron chi connectivity index (χ0n) is 40.7. The van der Waals surface area contributed by atoms with Gasteiger partial charge in [-0.2, -0.15) is 0 Å². The summed E-state index contributed by atoms with van der Waals surface area (Å²) in [5, 5.41) is 1.92. The molecule has 3 nitrogen and oxygen atoms in total. The van der Waals surface area contributed by atoms with Gasteiger partial charge in [0.25, 0.3) is 0 Å². The zero-order valence-corrected chi connectivity index (χ0v) is 33.1. The largest absolute Gasteiger partial charge is 0.501 e. The molecule has 55 heavy (non-hydrogen) atoms. The summed E-state index contributed by atoms with van der Waals surface area (Å²) in [6, 6.07) is 43.9. The first-order chi connectivity index (χ1) is 30.2. The van der Waals surface area contributed by atoms with Gasteiger partial charge in [0.15, 0.2) is 0 Å². The molecule has 0 bridgehead atoms. The molecule has 0 aliphatic heterocycles. The second-order valence-electron chi connectivity index (χ2n) is 14.7. The SMILES string of the molecule is [2H]C([2H])([2H])c1c[c-]c(-c2ccc(C([2H])([2H])[2H])cn2)cc1.[2H]C([2H])([2H])c1ccnc(-c2[c-]ccc3c2oc2cc(-c4ccc(-c5ccc(C6([2H])CCC(C)(C)CC6)cc5)cc4)ccc23)c1.[Ir]. The van der Waals surface area contributed by atoms with Crippen LogP contribution in [0.5, 0.6) is 0 Å². The minimum absolute atomic E-state index is 0. The fourth-order valence-corrected chi connectivity index (χ4v) is 7.09. The van der Waals surface area contributed by atoms with Gasteiger partial charge in [-0.3, -0.25) is 0 Å². The third-order valence-electron chi connectivity index (χ3n) is 10.4. The third-order valence-corrected chi connectivity index (χ3v) is 10.4. The number of fused-ring (bicyclic) bond motifs is 3. The van der Waals surface area contributed by atoms with E-state index in [1.807, 2.05) is 18.2 Å². The molecule has 0 saturated heterocycles. The summed E-state index contributed by atoms with van der Waals surface area (Å²) in [6.07, 6.45) is 6.84. The summed E-state index contributed by atoms with van der Waals surface area (Å²) in [6.45, 7) is -1.93. The zero-order chi connectivity index (χ0) is 45.7. The van der Waals surface area contributed by atoms with Crippen LogP contribution in [0.1, 0.15) is 81.4 Å². The predicted octanol–water partition coefficient (Wildman–Crippen LogP) is 13.9. The van der Waals surface area contributed by atoms with Crippen molar-refractivity contribution in [3.63, 3.8) is 0 Å². The Morgan fingerprint density at radius 1 is 0.673 bits per heavy atom. The molecule has 3 aromatic heterocycles. The van der Waals surface area contributed by atoms with E-state index in [4.69, 9.17) is 18.1 Å². The van der Waals surface area contributed by atoms with Crippen LogP contribution in [-0.2, 0) is 20.1 Å². The van der Waals surface area contributed by atoms with Gasteiger partial charge in [0, 0.05) is 51.6 Å². The van der Waals surface area contributed by atoms with E-state index in [1.54, 1.807) is 18.2 Å². The summed E-state index contributed by atoms with van der Waals surface area (Å²) >= 11 is 0. The quantitative estimate of drug-likeness (QED) is 0.162. The fourth-order valence-electron chi connectivity index (χ4n) is 7.09. The van der Waals surface area contributed by atoms with Gasteiger partial charge in [-0.05, 0) is 108 Å². The summed E-state index contributed by atoms with van der Waals surface area (Å²) < 4.78 is 82.4. The van der Waals surface area contributed by atoms with Crippen LogP contribution in [0.3, 0.4) is 0 Å². The van der Waals surface area contributed by atoms with Crippen LogP contribution >= 0.6 is 0 Å². The minimum Gasteiger partial charge on any atom is -0.501 e. The molecule has 1 aliphatic rings. The molecule has 1 radical (unpaired) electrons. The molecule has 0 spiro atoms. The standard InChI is InChI=1S/C38H34NO.C13H12N.Ir/c1-25-19-22-39-35(23-25)34-6-4-5-33-32-16-15-31(24-36(32)40-37(33)34)29-13-11-27(12-14-29)26-7-9-28(10-8-26)30-17-20-38(2,3)21-18-30;1-10-3-6-12(7-4-10)13-8-5-11(2)9-14-13;/h4-5,7-16,19,22-24,30H,17-18,20-21H2,1-3H3;3-6,8-9H,1-2H3;/q2*-1;/i1D3,30D;1D3,2D3;. The minimum atomic E-state index is -2.22. The molecule has 0 unspecified atom stereocenters. The summed E-state index contributed by atoms with van der Waals surface area (Å²) in [4.78, 5) is 8.50. The fraction of sp³-hybridized carbons (Fsp3) is 0.216. The van der Waals surface area contributed by atoms with Crippen molar-refractivity contribution in [1.82, 2.24) is 9.97 Å². The van der Waals surface area contributed by atoms with Gasteiger partial charge in [-0.1, -0.05) is 116 Å². The van der Waals surface area contributed by atoms with Crippen molar-refractivity contribution in [2.24, 2.45) is 5.41 Å². The molecule has 5 aromatic carbocycles. The number of nitrogens with zero attached hydrogens (tertiary/aromatic N) is 2. The summed E-state index contributed by atoms with van der Waals surface area (Å²) in [7, 11) is 0. The van der Waals surface area contributed by atoms with Crippen LogP contribution in [0, 0.1) is 38.1 Å². The molecule has 277 valence electrons. The summed E-state index contributed by atoms with van der Waals surface area (Å²) in [5.74, 6) is -0.482. The van der Waals surface area contributed by atoms with Crippen LogP contribution in [0.4, 0.5) is 0 Å². The maximum absolute atomic E-state index is 9.08. The van der Waals surface area contributed by atoms with Crippen molar-refractivity contribution in [3.8, 4) is 44.8 Å². The number of aryl methyl sites for hydroxylation is 3. The van der Waals surface area contributed by atoms with Crippen molar-refractivity contribution < 1.29 is 38.2 Å². The molecule has 0 amide bonds. The van der Waals surface area contributed by atoms with Crippen molar-refractivity contribution >= 4 is 21.9 Å². The number of rotatable bonds is 5. The summed E-state index contributed by atoms with van der Waals surface area (Å²) in [5.41, 5.74) is 10.2. The Hall–Kier alpha value is -5.15. The first-order valence-electron chi connectivity index (χ1n) is 23.2. The number of furan rings is 1. The average Bonchev–Trinajstić information content (AvgIpc) is 3.65. The van der Waals surface area contributed by atoms with Crippen molar-refractivity contribution in [2.45, 2.75) is 66.0 Å². The Labute approximate surface area is 353 Å². The third kappa shape index (κ3) is 8.57. The molecular weight excluding hydrogens is 849 g/mol. The number of hydrogen-bond donors (Lipinski definition) is 0. The maximum Gasteiger partial charge on any atom is 0.121 e. The van der Waals surface area contributed by atoms with E-state index < -0.39 is 26.4 Å². The second-order valence-corrected chi connectivity index (χ2v) is 14.7. The van der Waals surface area contributed by atoms with Gasteiger partial charge in [-0.15, -0.1) is 53.6 Å². The van der Waals surface area contributed by atoms with Crippen LogP contribution < -0.4 is 0 Å². The second kappa shape index (κ2) is 16.3. The number of pyridine rings is 2. The number of benzene rings is 5.